The maximum absolute atomic E-state index is 13.6. The molecule has 21 heteroatoms. The fourth-order valence-electron chi connectivity index (χ4n) is 8.13. The van der Waals surface area contributed by atoms with Crippen LogP contribution >= 0.6 is 11.6 Å². The largest absolute Gasteiger partial charge is 0.494 e. The van der Waals surface area contributed by atoms with E-state index in [0.717, 1.165) is 34.2 Å². The molecule has 2 aliphatic carbocycles. The Bertz CT molecular complexity index is 2630. The lowest BCUT2D eigenvalue weighted by Gasteiger charge is -2.54. The summed E-state index contributed by atoms with van der Waals surface area (Å²) in [4.78, 5) is 28.6. The van der Waals surface area contributed by atoms with Crippen LogP contribution in [0.1, 0.15) is 37.1 Å². The second-order valence-electron chi connectivity index (χ2n) is 16.1. The number of halogens is 5. The Kier molecular flexibility index (Phi) is 11.1. The van der Waals surface area contributed by atoms with E-state index in [4.69, 9.17) is 36.3 Å². The summed E-state index contributed by atoms with van der Waals surface area (Å²) in [5.41, 5.74) is 9.36. The van der Waals surface area contributed by atoms with Crippen molar-refractivity contribution < 1.29 is 36.5 Å². The van der Waals surface area contributed by atoms with Gasteiger partial charge in [-0.3, -0.25) is 0 Å². The van der Waals surface area contributed by atoms with Gasteiger partial charge in [0.2, 0.25) is 11.2 Å². The zero-order valence-electron chi connectivity index (χ0n) is 35.2. The van der Waals surface area contributed by atoms with Crippen LogP contribution in [0.3, 0.4) is 0 Å². The van der Waals surface area contributed by atoms with Crippen LogP contribution in [0.15, 0.2) is 73.8 Å². The van der Waals surface area contributed by atoms with Crippen molar-refractivity contribution in [1.82, 2.24) is 39.0 Å². The monoisotopic (exact) mass is 892 g/mol. The first kappa shape index (κ1) is 43.1. The Morgan fingerprint density at radius 3 is 1.68 bits per heavy atom. The average molecular weight is 893 g/mol. The summed E-state index contributed by atoms with van der Waals surface area (Å²) in [5.74, 6) is -1.59. The Morgan fingerprint density at radius 1 is 0.698 bits per heavy atom. The van der Waals surface area contributed by atoms with Gasteiger partial charge in [0.15, 0.2) is 23.1 Å². The van der Waals surface area contributed by atoms with E-state index < -0.39 is 22.9 Å². The molecule has 3 N–H and O–H groups in total. The Hall–Kier alpha value is -6.57. The van der Waals surface area contributed by atoms with E-state index in [1.165, 1.54) is 6.20 Å². The van der Waals surface area contributed by atoms with E-state index in [9.17, 15) is 17.6 Å². The van der Waals surface area contributed by atoms with Gasteiger partial charge in [-0.1, -0.05) is 0 Å². The molecule has 2 fully saturated rings. The van der Waals surface area contributed by atoms with Crippen molar-refractivity contribution in [3.8, 4) is 34.4 Å². The fourth-order valence-corrected chi connectivity index (χ4v) is 8.26. The molecule has 0 amide bonds. The fraction of sp³-hybridized carbons (Fsp3) is 0.381. The molecule has 2 aromatic carbocycles. The van der Waals surface area contributed by atoms with E-state index in [2.05, 4.69) is 35.2 Å². The van der Waals surface area contributed by atoms with Crippen molar-refractivity contribution in [1.29, 1.82) is 0 Å². The van der Waals surface area contributed by atoms with E-state index in [-0.39, 0.29) is 44.2 Å². The van der Waals surface area contributed by atoms with E-state index in [0.29, 0.717) is 40.5 Å². The van der Waals surface area contributed by atoms with E-state index in [1.54, 1.807) is 63.0 Å². The minimum Gasteiger partial charge on any atom is -0.494 e. The lowest BCUT2D eigenvalue weighted by Crippen LogP contribution is -2.66. The second kappa shape index (κ2) is 16.3. The van der Waals surface area contributed by atoms with Gasteiger partial charge in [0, 0.05) is 75.7 Å². The quantitative estimate of drug-likeness (QED) is 0.0952. The summed E-state index contributed by atoms with van der Waals surface area (Å²) in [6.45, 7) is 4.30. The number of hydrogen-bond donors (Lipinski definition) is 2. The number of likely N-dealkylation sites (N-methyl/N-ethyl adjacent to an activating group) is 2. The van der Waals surface area contributed by atoms with Gasteiger partial charge in [0.25, 0.3) is 11.8 Å². The Labute approximate surface area is 365 Å². The molecule has 2 saturated carbocycles. The molecule has 332 valence electrons. The summed E-state index contributed by atoms with van der Waals surface area (Å²) in [5, 5.41) is 3.24. The molecule has 6 heterocycles. The molecule has 0 radical (unpaired) electrons. The molecule has 10 rings (SSSR count). The van der Waals surface area contributed by atoms with Crippen LogP contribution in [0.4, 0.5) is 46.5 Å². The van der Waals surface area contributed by atoms with Crippen LogP contribution in [0.5, 0.6) is 23.0 Å². The van der Waals surface area contributed by atoms with E-state index >= 15 is 0 Å². The Morgan fingerprint density at radius 2 is 1.19 bits per heavy atom. The first-order chi connectivity index (χ1) is 29.9. The molecule has 16 nitrogen and oxygen atoms in total. The number of rotatable bonds is 6. The summed E-state index contributed by atoms with van der Waals surface area (Å²) < 4.78 is 79.0. The number of nitrogen functional groups attached to an aromatic ring is 1. The van der Waals surface area contributed by atoms with Gasteiger partial charge in [0.1, 0.15) is 24.7 Å². The Balaban J connectivity index is 0.000000143. The standard InChI is InChI=1S/C21H22F2N6O2.C11H13N3O.C10H10ClF2N3O/c1-13-8-29(12-25-13)15-5-4-14(6-16(15)30-3)26-19-24-7-17-18(27-19)28(2)20(11-31-17)9-21(22,23)10-20;1-8-6-14(7-13-8)10-4-3-9(12)5-11(10)15-2;1-16-7-6(2-14-8(11)15-7)17-5-9(16)3-10(12,13)4-9/h4-8,12H,9-11H2,1-3H3,(H,24,26,27);3-7H,12H2,1-2H3;2H,3-5H2,1H3. The van der Waals surface area contributed by atoms with Gasteiger partial charge in [-0.25, -0.2) is 37.5 Å². The SMILES string of the molecule is CN1c2nc(Cl)ncc2OCC12CC(F)(F)C2.COc1cc(N)ccc1-n1cnc(C)c1.COc1cc(Nc2ncc3c(n2)N(C)C2(CO3)CC(F)(F)C2)ccc1-n1cnc(C)c1. The lowest BCUT2D eigenvalue weighted by atomic mass is 9.72. The highest BCUT2D eigenvalue weighted by molar-refractivity contribution is 6.28. The van der Waals surface area contributed by atoms with Crippen molar-refractivity contribution in [2.75, 3.05) is 62.4 Å². The molecule has 63 heavy (non-hydrogen) atoms. The van der Waals surface area contributed by atoms with Crippen molar-refractivity contribution >= 4 is 40.6 Å². The number of benzene rings is 2. The molecule has 4 aromatic heterocycles. The lowest BCUT2D eigenvalue weighted by molar-refractivity contribution is -0.136. The highest BCUT2D eigenvalue weighted by Gasteiger charge is 2.62. The molecule has 0 saturated heterocycles. The molecule has 2 spiro atoms. The molecule has 0 atom stereocenters. The van der Waals surface area contributed by atoms with Gasteiger partial charge < -0.3 is 48.9 Å². The van der Waals surface area contributed by atoms with Crippen LogP contribution in [-0.4, -0.2) is 103 Å². The first-order valence-corrected chi connectivity index (χ1v) is 20.1. The highest BCUT2D eigenvalue weighted by Crippen LogP contribution is 2.54. The van der Waals surface area contributed by atoms with Crippen LogP contribution in [-0.2, 0) is 0 Å². The number of imidazole rings is 2. The van der Waals surface area contributed by atoms with Crippen molar-refractivity contribution in [2.24, 2.45) is 0 Å². The van der Waals surface area contributed by atoms with Crippen molar-refractivity contribution in [3.05, 3.63) is 90.5 Å². The molecule has 0 unspecified atom stereocenters. The van der Waals surface area contributed by atoms with Gasteiger partial charge in [-0.2, -0.15) is 9.97 Å². The molecule has 2 aliphatic heterocycles. The topological polar surface area (TPSA) is 169 Å². The van der Waals surface area contributed by atoms with Gasteiger partial charge >= 0.3 is 0 Å². The number of ether oxygens (including phenoxy) is 4. The third-order valence-electron chi connectivity index (χ3n) is 11.5. The number of aromatic nitrogens is 8. The number of nitrogens with one attached hydrogen (secondary N) is 1. The number of aryl methyl sites for hydroxylation is 2. The van der Waals surface area contributed by atoms with Crippen LogP contribution in [0.25, 0.3) is 11.4 Å². The number of methoxy groups -OCH3 is 2. The van der Waals surface area contributed by atoms with Gasteiger partial charge in [-0.05, 0) is 49.7 Å². The number of fused-ring (bicyclic) bond motifs is 2. The summed E-state index contributed by atoms with van der Waals surface area (Å²) >= 11 is 5.70. The minimum atomic E-state index is -2.66. The van der Waals surface area contributed by atoms with E-state index in [1.807, 2.05) is 65.7 Å². The third kappa shape index (κ3) is 8.63. The highest BCUT2D eigenvalue weighted by atomic mass is 35.5. The first-order valence-electron chi connectivity index (χ1n) is 19.7. The number of alkyl halides is 4. The van der Waals surface area contributed by atoms with Gasteiger partial charge in [0.05, 0.1) is 73.1 Å². The number of anilines is 5. The molecule has 4 aliphatic rings. The predicted octanol–water partition coefficient (Wildman–Crippen LogP) is 7.62. The zero-order valence-corrected chi connectivity index (χ0v) is 36.0. The maximum Gasteiger partial charge on any atom is 0.252 e. The average Bonchev–Trinajstić information content (AvgIpc) is 3.87. The second-order valence-corrected chi connectivity index (χ2v) is 16.4. The minimum absolute atomic E-state index is 0.0855. The third-order valence-corrected chi connectivity index (χ3v) is 11.6. The number of hydrogen-bond acceptors (Lipinski definition) is 14. The normalized spacial score (nSPS) is 17.8. The van der Waals surface area contributed by atoms with Crippen molar-refractivity contribution in [2.45, 2.75) is 62.5 Å². The summed E-state index contributed by atoms with van der Waals surface area (Å²) in [6, 6.07) is 11.2. The molecular formula is C42H45ClF4N12O4. The number of nitrogens with two attached hydrogens (primary N) is 1. The molecule has 0 bridgehead atoms. The molecule has 6 aromatic rings. The molecular weight excluding hydrogens is 848 g/mol. The maximum atomic E-state index is 13.6. The number of nitrogens with zero attached hydrogens (tertiary/aromatic N) is 10. The summed E-state index contributed by atoms with van der Waals surface area (Å²) in [6.07, 6.45) is 9.45. The van der Waals surface area contributed by atoms with Crippen LogP contribution in [0.2, 0.25) is 5.28 Å². The zero-order chi connectivity index (χ0) is 44.9. The van der Waals surface area contributed by atoms with Crippen molar-refractivity contribution in [3.63, 3.8) is 0 Å². The summed E-state index contributed by atoms with van der Waals surface area (Å²) in [7, 11) is 6.74. The smallest absolute Gasteiger partial charge is 0.252 e. The van der Waals surface area contributed by atoms with Crippen LogP contribution in [0, 0.1) is 13.8 Å². The van der Waals surface area contributed by atoms with Gasteiger partial charge in [-0.15, -0.1) is 0 Å². The predicted molar refractivity (Wildman–Crippen MR) is 228 cm³/mol. The van der Waals surface area contributed by atoms with Crippen LogP contribution < -0.4 is 39.8 Å².